The van der Waals surface area contributed by atoms with Crippen molar-refractivity contribution in [3.8, 4) is 0 Å². The van der Waals surface area contributed by atoms with Crippen LogP contribution in [0.4, 0.5) is 4.79 Å². The van der Waals surface area contributed by atoms with Crippen LogP contribution in [0.3, 0.4) is 0 Å². The Hall–Kier alpha value is -0.770. The Morgan fingerprint density at radius 2 is 2.04 bits per heavy atom. The van der Waals surface area contributed by atoms with Crippen LogP contribution in [0, 0.1) is 5.92 Å². The Morgan fingerprint density at radius 1 is 1.29 bits per heavy atom. The summed E-state index contributed by atoms with van der Waals surface area (Å²) in [6.07, 6.45) is 2.45. The van der Waals surface area contributed by atoms with Crippen molar-refractivity contribution >= 4 is 36.0 Å². The summed E-state index contributed by atoms with van der Waals surface area (Å²) in [4.78, 5) is 23.8. The number of rotatable bonds is 3. The molecule has 0 saturated carbocycles. The van der Waals surface area contributed by atoms with Crippen LogP contribution in [0.1, 0.15) is 47.5 Å². The van der Waals surface area contributed by atoms with Crippen molar-refractivity contribution in [2.75, 3.05) is 45.8 Å². The zero-order valence-corrected chi connectivity index (χ0v) is 20.4. The van der Waals surface area contributed by atoms with Crippen LogP contribution in [0.15, 0.2) is 4.99 Å². The molecule has 1 N–H and O–H groups in total. The number of ether oxygens (including phenoxy) is 1. The molecule has 3 rings (SSSR count). The molecule has 3 atom stereocenters. The summed E-state index contributed by atoms with van der Waals surface area (Å²) in [7, 11) is 0. The van der Waals surface area contributed by atoms with E-state index in [0.717, 1.165) is 31.5 Å². The summed E-state index contributed by atoms with van der Waals surface area (Å²) in [5.41, 5.74) is -0.449. The van der Waals surface area contributed by atoms with Crippen molar-refractivity contribution in [3.05, 3.63) is 0 Å². The number of likely N-dealkylation sites (tertiary alicyclic amines) is 1. The van der Waals surface area contributed by atoms with E-state index in [1.807, 2.05) is 25.7 Å². The van der Waals surface area contributed by atoms with Crippen LogP contribution in [0.25, 0.3) is 0 Å². The third-order valence-electron chi connectivity index (χ3n) is 5.73. The molecule has 0 aromatic carbocycles. The summed E-state index contributed by atoms with van der Waals surface area (Å²) in [5.74, 6) is 1.80. The number of amides is 1. The number of piperazine rings is 1. The largest absolute Gasteiger partial charge is 0.444 e. The minimum absolute atomic E-state index is 0. The minimum atomic E-state index is -0.449. The van der Waals surface area contributed by atoms with E-state index in [4.69, 9.17) is 9.73 Å². The molecule has 0 aromatic rings. The number of nitrogens with zero attached hydrogens (tertiary/aromatic N) is 4. The van der Waals surface area contributed by atoms with Crippen LogP contribution < -0.4 is 5.32 Å². The summed E-state index contributed by atoms with van der Waals surface area (Å²) in [5, 5.41) is 3.57. The maximum Gasteiger partial charge on any atom is 0.410 e. The summed E-state index contributed by atoms with van der Waals surface area (Å²) in [6.45, 7) is 16.6. The van der Waals surface area contributed by atoms with Crippen LogP contribution in [0.5, 0.6) is 0 Å². The fraction of sp³-hybridized carbons (Fsp3) is 0.900. The van der Waals surface area contributed by atoms with Crippen LogP contribution in [-0.2, 0) is 4.74 Å². The normalized spacial score (nSPS) is 26.8. The summed E-state index contributed by atoms with van der Waals surface area (Å²) in [6, 6.07) is 0.775. The van der Waals surface area contributed by atoms with E-state index in [1.165, 1.54) is 25.9 Å². The molecule has 0 aromatic heterocycles. The van der Waals surface area contributed by atoms with Gasteiger partial charge in [0.15, 0.2) is 5.96 Å². The standard InChI is InChI=1S/C20H37N5O2.HI/c1-15-7-6-8-23(13-15)16(2)11-21-18-22-12-17-14-24(9-10-25(17)18)19(26)27-20(3,4)5;/h15-17H,6-14H2,1-5H3,(H,21,22);1H. The first-order chi connectivity index (χ1) is 12.7. The Kier molecular flexibility index (Phi) is 8.25. The van der Waals surface area contributed by atoms with Gasteiger partial charge in [-0.1, -0.05) is 6.92 Å². The molecule has 0 radical (unpaired) electrons. The zero-order valence-electron chi connectivity index (χ0n) is 18.1. The van der Waals surface area contributed by atoms with Gasteiger partial charge in [0.2, 0.25) is 0 Å². The second-order valence-electron chi connectivity index (χ2n) is 9.41. The molecule has 2 fully saturated rings. The van der Waals surface area contributed by atoms with E-state index in [2.05, 4.69) is 29.0 Å². The lowest BCUT2D eigenvalue weighted by atomic mass is 9.99. The second-order valence-corrected chi connectivity index (χ2v) is 9.41. The molecule has 3 aliphatic rings. The van der Waals surface area contributed by atoms with Crippen molar-refractivity contribution < 1.29 is 9.53 Å². The van der Waals surface area contributed by atoms with Crippen LogP contribution in [-0.4, -0.2) is 90.3 Å². The number of piperidine rings is 1. The molecule has 0 spiro atoms. The van der Waals surface area contributed by atoms with Gasteiger partial charge < -0.3 is 19.9 Å². The molecule has 2 saturated heterocycles. The lowest BCUT2D eigenvalue weighted by molar-refractivity contribution is 0.0137. The van der Waals surface area contributed by atoms with Gasteiger partial charge in [-0.05, 0) is 53.0 Å². The first-order valence-electron chi connectivity index (χ1n) is 10.5. The number of carbonyl (C=O) groups is 1. The highest BCUT2D eigenvalue weighted by Crippen LogP contribution is 2.20. The Labute approximate surface area is 187 Å². The van der Waals surface area contributed by atoms with Crippen molar-refractivity contribution in [1.29, 1.82) is 0 Å². The highest BCUT2D eigenvalue weighted by atomic mass is 127. The number of guanidine groups is 1. The zero-order chi connectivity index (χ0) is 19.6. The van der Waals surface area contributed by atoms with Gasteiger partial charge in [0.25, 0.3) is 0 Å². The number of nitrogens with one attached hydrogen (secondary N) is 1. The lowest BCUT2D eigenvalue weighted by Gasteiger charge is -2.40. The van der Waals surface area contributed by atoms with E-state index in [0.29, 0.717) is 19.1 Å². The molecular weight excluding hydrogens is 469 g/mol. The molecule has 7 nitrogen and oxygen atoms in total. The van der Waals surface area contributed by atoms with E-state index in [-0.39, 0.29) is 36.1 Å². The monoisotopic (exact) mass is 507 g/mol. The van der Waals surface area contributed by atoms with Gasteiger partial charge in [-0.25, -0.2) is 4.79 Å². The van der Waals surface area contributed by atoms with Gasteiger partial charge in [-0.15, -0.1) is 24.0 Å². The number of fused-ring (bicyclic) bond motifs is 1. The number of halogens is 1. The van der Waals surface area contributed by atoms with Gasteiger partial charge in [-0.3, -0.25) is 9.89 Å². The average molecular weight is 507 g/mol. The quantitative estimate of drug-likeness (QED) is 0.596. The first-order valence-corrected chi connectivity index (χ1v) is 10.5. The SMILES string of the molecule is CC1CCCN(C(C)CNC2=NCC3CN(C(=O)OC(C)(C)C)CCN23)C1.I. The highest BCUT2D eigenvalue weighted by molar-refractivity contribution is 14.0. The Morgan fingerprint density at radius 3 is 2.71 bits per heavy atom. The van der Waals surface area contributed by atoms with Crippen LogP contribution >= 0.6 is 24.0 Å². The molecule has 0 bridgehead atoms. The molecule has 3 heterocycles. The van der Waals surface area contributed by atoms with E-state index < -0.39 is 5.60 Å². The molecule has 0 aliphatic carbocycles. The van der Waals surface area contributed by atoms with E-state index >= 15 is 0 Å². The fourth-order valence-electron chi connectivity index (χ4n) is 4.22. The third kappa shape index (κ3) is 6.11. The summed E-state index contributed by atoms with van der Waals surface area (Å²) >= 11 is 0. The number of aliphatic imine (C=N–C) groups is 1. The van der Waals surface area contributed by atoms with E-state index in [9.17, 15) is 4.79 Å². The van der Waals surface area contributed by atoms with Gasteiger partial charge >= 0.3 is 6.09 Å². The lowest BCUT2D eigenvalue weighted by Crippen LogP contribution is -2.58. The average Bonchev–Trinajstić information content (AvgIpc) is 3.00. The van der Waals surface area contributed by atoms with Gasteiger partial charge in [0.05, 0.1) is 12.6 Å². The predicted molar refractivity (Wildman–Crippen MR) is 123 cm³/mol. The van der Waals surface area contributed by atoms with E-state index in [1.54, 1.807) is 0 Å². The number of carbonyl (C=O) groups excluding carboxylic acids is 1. The smallest absolute Gasteiger partial charge is 0.410 e. The first kappa shape index (κ1) is 23.5. The molecule has 28 heavy (non-hydrogen) atoms. The van der Waals surface area contributed by atoms with Crippen molar-refractivity contribution in [2.24, 2.45) is 10.9 Å². The second kappa shape index (κ2) is 9.82. The van der Waals surface area contributed by atoms with Gasteiger partial charge in [0.1, 0.15) is 5.60 Å². The van der Waals surface area contributed by atoms with Crippen LogP contribution in [0.2, 0.25) is 0 Å². The van der Waals surface area contributed by atoms with Crippen molar-refractivity contribution in [3.63, 3.8) is 0 Å². The maximum absolute atomic E-state index is 12.3. The maximum atomic E-state index is 12.3. The number of hydrogen-bond acceptors (Lipinski definition) is 6. The molecule has 1 amide bonds. The predicted octanol–water partition coefficient (Wildman–Crippen LogP) is 2.61. The molecule has 3 unspecified atom stereocenters. The topological polar surface area (TPSA) is 60.4 Å². The van der Waals surface area contributed by atoms with Gasteiger partial charge in [-0.2, -0.15) is 0 Å². The van der Waals surface area contributed by atoms with Crippen molar-refractivity contribution in [1.82, 2.24) is 20.0 Å². The summed E-state index contributed by atoms with van der Waals surface area (Å²) < 4.78 is 5.52. The number of hydrogen-bond donors (Lipinski definition) is 1. The molecular formula is C20H38IN5O2. The molecule has 3 aliphatic heterocycles. The minimum Gasteiger partial charge on any atom is -0.444 e. The molecule has 162 valence electrons. The highest BCUT2D eigenvalue weighted by Gasteiger charge is 2.36. The van der Waals surface area contributed by atoms with Gasteiger partial charge in [0, 0.05) is 38.8 Å². The Bertz CT molecular complexity index is 565. The molecule has 8 heteroatoms. The van der Waals surface area contributed by atoms with Crippen molar-refractivity contribution in [2.45, 2.75) is 65.1 Å². The fourth-order valence-corrected chi connectivity index (χ4v) is 4.22. The Balaban J connectivity index is 0.00000280. The third-order valence-corrected chi connectivity index (χ3v) is 5.73.